The molecule has 0 radical (unpaired) electrons. The molecule has 98 valence electrons. The van der Waals surface area contributed by atoms with Crippen LogP contribution in [0.25, 0.3) is 0 Å². The molecular weight excluding hydrogens is 271 g/mol. The quantitative estimate of drug-likeness (QED) is 0.925. The van der Waals surface area contributed by atoms with Gasteiger partial charge in [0.15, 0.2) is 0 Å². The number of amides is 1. The highest BCUT2D eigenvalue weighted by atomic mass is 35.5. The normalized spacial score (nSPS) is 16.4. The Kier molecular flexibility index (Phi) is 3.85. The standard InChI is InChI=1S/C13H16Cl2N2O/c1-17(12(18)13(8-16)4-5-13)7-9-2-3-10(14)11(15)6-9/h2-3,6H,4-5,7-8,16H2,1H3. The molecule has 0 spiro atoms. The average molecular weight is 287 g/mol. The maximum atomic E-state index is 12.2. The number of halogens is 2. The fourth-order valence-electron chi connectivity index (χ4n) is 2.04. The van der Waals surface area contributed by atoms with E-state index in [4.69, 9.17) is 28.9 Å². The Balaban J connectivity index is 2.05. The molecule has 1 aromatic rings. The van der Waals surface area contributed by atoms with Gasteiger partial charge >= 0.3 is 0 Å². The van der Waals surface area contributed by atoms with E-state index in [-0.39, 0.29) is 11.3 Å². The van der Waals surface area contributed by atoms with Crippen LogP contribution in [0.2, 0.25) is 10.0 Å². The summed E-state index contributed by atoms with van der Waals surface area (Å²) in [4.78, 5) is 13.9. The first-order chi connectivity index (χ1) is 8.48. The molecule has 18 heavy (non-hydrogen) atoms. The van der Waals surface area contributed by atoms with Gasteiger partial charge in [0.25, 0.3) is 0 Å². The van der Waals surface area contributed by atoms with E-state index in [1.165, 1.54) is 0 Å². The number of benzene rings is 1. The molecule has 3 nitrogen and oxygen atoms in total. The third kappa shape index (κ3) is 2.63. The van der Waals surface area contributed by atoms with Crippen molar-refractivity contribution in [2.24, 2.45) is 11.1 Å². The molecule has 0 aliphatic heterocycles. The van der Waals surface area contributed by atoms with E-state index in [0.717, 1.165) is 18.4 Å². The molecule has 1 amide bonds. The summed E-state index contributed by atoms with van der Waals surface area (Å²) in [6.07, 6.45) is 1.79. The largest absolute Gasteiger partial charge is 0.341 e. The summed E-state index contributed by atoms with van der Waals surface area (Å²) in [5.41, 5.74) is 6.32. The molecule has 1 aliphatic carbocycles. The Morgan fingerprint density at radius 2 is 2.06 bits per heavy atom. The Morgan fingerprint density at radius 1 is 1.39 bits per heavy atom. The SMILES string of the molecule is CN(Cc1ccc(Cl)c(Cl)c1)C(=O)C1(CN)CC1. The smallest absolute Gasteiger partial charge is 0.230 e. The third-order valence-electron chi connectivity index (χ3n) is 3.45. The second-order valence-electron chi connectivity index (χ2n) is 4.89. The monoisotopic (exact) mass is 286 g/mol. The molecule has 1 fully saturated rings. The van der Waals surface area contributed by atoms with Crippen LogP contribution in [0.1, 0.15) is 18.4 Å². The van der Waals surface area contributed by atoms with Crippen molar-refractivity contribution in [2.45, 2.75) is 19.4 Å². The van der Waals surface area contributed by atoms with Gasteiger partial charge in [0, 0.05) is 20.1 Å². The van der Waals surface area contributed by atoms with Crippen LogP contribution in [0.5, 0.6) is 0 Å². The van der Waals surface area contributed by atoms with Crippen molar-refractivity contribution < 1.29 is 4.79 Å². The highest BCUT2D eigenvalue weighted by Crippen LogP contribution is 2.46. The number of rotatable bonds is 4. The lowest BCUT2D eigenvalue weighted by molar-refractivity contribution is -0.135. The molecule has 1 saturated carbocycles. The van der Waals surface area contributed by atoms with Crippen molar-refractivity contribution >= 4 is 29.1 Å². The van der Waals surface area contributed by atoms with Crippen molar-refractivity contribution in [1.29, 1.82) is 0 Å². The molecule has 0 heterocycles. The summed E-state index contributed by atoms with van der Waals surface area (Å²) in [6, 6.07) is 5.41. The maximum Gasteiger partial charge on any atom is 0.230 e. The topological polar surface area (TPSA) is 46.3 Å². The van der Waals surface area contributed by atoms with E-state index in [9.17, 15) is 4.79 Å². The molecule has 0 aromatic heterocycles. The first-order valence-electron chi connectivity index (χ1n) is 5.88. The fraction of sp³-hybridized carbons (Fsp3) is 0.462. The van der Waals surface area contributed by atoms with Gasteiger partial charge in [-0.1, -0.05) is 29.3 Å². The first kappa shape index (κ1) is 13.7. The van der Waals surface area contributed by atoms with Crippen molar-refractivity contribution in [2.75, 3.05) is 13.6 Å². The molecule has 1 aromatic carbocycles. The van der Waals surface area contributed by atoms with Crippen molar-refractivity contribution in [3.05, 3.63) is 33.8 Å². The van der Waals surface area contributed by atoms with Crippen molar-refractivity contribution in [1.82, 2.24) is 4.90 Å². The predicted molar refractivity (Wildman–Crippen MR) is 73.7 cm³/mol. The lowest BCUT2D eigenvalue weighted by Crippen LogP contribution is -2.37. The predicted octanol–water partition coefficient (Wildman–Crippen LogP) is 2.69. The maximum absolute atomic E-state index is 12.2. The average Bonchev–Trinajstić information content (AvgIpc) is 3.14. The van der Waals surface area contributed by atoms with Crippen LogP contribution in [0.4, 0.5) is 0 Å². The summed E-state index contributed by atoms with van der Waals surface area (Å²) in [5, 5.41) is 1.03. The van der Waals surface area contributed by atoms with Crippen LogP contribution in [0.15, 0.2) is 18.2 Å². The number of nitrogens with zero attached hydrogens (tertiary/aromatic N) is 1. The zero-order valence-corrected chi connectivity index (χ0v) is 11.8. The number of hydrogen-bond acceptors (Lipinski definition) is 2. The van der Waals surface area contributed by atoms with Gasteiger partial charge < -0.3 is 10.6 Å². The molecule has 2 rings (SSSR count). The van der Waals surface area contributed by atoms with Gasteiger partial charge in [-0.25, -0.2) is 0 Å². The Labute approximate surface area is 117 Å². The summed E-state index contributed by atoms with van der Waals surface area (Å²) in [5.74, 6) is 0.121. The summed E-state index contributed by atoms with van der Waals surface area (Å²) >= 11 is 11.8. The first-order valence-corrected chi connectivity index (χ1v) is 6.64. The van der Waals surface area contributed by atoms with Gasteiger partial charge in [-0.05, 0) is 30.5 Å². The van der Waals surface area contributed by atoms with Crippen molar-refractivity contribution in [3.63, 3.8) is 0 Å². The minimum absolute atomic E-state index is 0.121. The number of hydrogen-bond donors (Lipinski definition) is 1. The second-order valence-corrected chi connectivity index (χ2v) is 5.71. The molecule has 5 heteroatoms. The van der Waals surface area contributed by atoms with Crippen LogP contribution in [-0.2, 0) is 11.3 Å². The van der Waals surface area contributed by atoms with E-state index in [1.54, 1.807) is 24.1 Å². The van der Waals surface area contributed by atoms with Gasteiger partial charge in [-0.15, -0.1) is 0 Å². The number of nitrogens with two attached hydrogens (primary N) is 1. The van der Waals surface area contributed by atoms with Crippen LogP contribution in [0.3, 0.4) is 0 Å². The van der Waals surface area contributed by atoms with Gasteiger partial charge in [0.2, 0.25) is 5.91 Å². The van der Waals surface area contributed by atoms with Gasteiger partial charge in [-0.3, -0.25) is 4.79 Å². The Morgan fingerprint density at radius 3 is 2.56 bits per heavy atom. The summed E-state index contributed by atoms with van der Waals surface area (Å²) in [6.45, 7) is 0.953. The molecule has 0 unspecified atom stereocenters. The Hall–Kier alpha value is -0.770. The van der Waals surface area contributed by atoms with Gasteiger partial charge in [0.1, 0.15) is 0 Å². The Bertz CT molecular complexity index is 472. The highest BCUT2D eigenvalue weighted by Gasteiger charge is 2.49. The summed E-state index contributed by atoms with van der Waals surface area (Å²) < 4.78 is 0. The molecule has 0 atom stereocenters. The fourth-order valence-corrected chi connectivity index (χ4v) is 2.37. The van der Waals surface area contributed by atoms with Gasteiger partial charge in [0.05, 0.1) is 15.5 Å². The third-order valence-corrected chi connectivity index (χ3v) is 4.19. The van der Waals surface area contributed by atoms with E-state index in [2.05, 4.69) is 0 Å². The zero-order valence-electron chi connectivity index (χ0n) is 10.2. The van der Waals surface area contributed by atoms with E-state index in [1.807, 2.05) is 6.07 Å². The van der Waals surface area contributed by atoms with Crippen LogP contribution in [0, 0.1) is 5.41 Å². The highest BCUT2D eigenvalue weighted by molar-refractivity contribution is 6.42. The lowest BCUT2D eigenvalue weighted by Gasteiger charge is -2.22. The van der Waals surface area contributed by atoms with E-state index < -0.39 is 0 Å². The van der Waals surface area contributed by atoms with Crippen molar-refractivity contribution in [3.8, 4) is 0 Å². The molecule has 2 N–H and O–H groups in total. The minimum atomic E-state index is -0.301. The number of carbonyl (C=O) groups excluding carboxylic acids is 1. The molecule has 0 bridgehead atoms. The minimum Gasteiger partial charge on any atom is -0.341 e. The second kappa shape index (κ2) is 5.08. The van der Waals surface area contributed by atoms with Crippen LogP contribution < -0.4 is 5.73 Å². The molecule has 0 saturated heterocycles. The zero-order chi connectivity index (χ0) is 13.3. The lowest BCUT2D eigenvalue weighted by atomic mass is 10.1. The van der Waals surface area contributed by atoms with Crippen LogP contribution in [-0.4, -0.2) is 24.4 Å². The summed E-state index contributed by atoms with van der Waals surface area (Å²) in [7, 11) is 1.79. The van der Waals surface area contributed by atoms with Gasteiger partial charge in [-0.2, -0.15) is 0 Å². The van der Waals surface area contributed by atoms with Crippen LogP contribution >= 0.6 is 23.2 Å². The van der Waals surface area contributed by atoms with E-state index in [0.29, 0.717) is 23.1 Å². The molecular formula is C13H16Cl2N2O. The molecule has 1 aliphatic rings. The number of carbonyl (C=O) groups is 1. The van der Waals surface area contributed by atoms with E-state index >= 15 is 0 Å².